The molecule has 0 unspecified atom stereocenters. The molecular formula is C20H7N3O6S5. The second-order valence-corrected chi connectivity index (χ2v) is 12.8. The molecule has 0 atom stereocenters. The molecule has 0 spiro atoms. The van der Waals surface area contributed by atoms with Crippen LogP contribution in [0, 0.1) is 30.3 Å². The van der Waals surface area contributed by atoms with Crippen LogP contribution in [-0.2, 0) is 0 Å². The Hall–Kier alpha value is -2.78. The average molecular weight is 546 g/mol. The summed E-state index contributed by atoms with van der Waals surface area (Å²) in [6.07, 6.45) is 0. The van der Waals surface area contributed by atoms with Gasteiger partial charge < -0.3 is 0 Å². The van der Waals surface area contributed by atoms with Crippen molar-refractivity contribution in [2.75, 3.05) is 0 Å². The molecule has 3 aliphatic rings. The second-order valence-electron chi connectivity index (χ2n) is 7.13. The van der Waals surface area contributed by atoms with Crippen LogP contribution in [0.3, 0.4) is 0 Å². The van der Waals surface area contributed by atoms with E-state index in [-0.39, 0.29) is 11.3 Å². The molecular weight excluding hydrogens is 539 g/mol. The van der Waals surface area contributed by atoms with Gasteiger partial charge in [0.2, 0.25) is 0 Å². The van der Waals surface area contributed by atoms with Crippen LogP contribution in [0.1, 0.15) is 11.1 Å². The molecule has 0 N–H and O–H groups in total. The van der Waals surface area contributed by atoms with Crippen molar-refractivity contribution < 1.29 is 14.8 Å². The van der Waals surface area contributed by atoms with Crippen LogP contribution < -0.4 is 0 Å². The van der Waals surface area contributed by atoms with Crippen molar-refractivity contribution in [1.82, 2.24) is 0 Å². The van der Waals surface area contributed by atoms with E-state index in [1.165, 1.54) is 47.8 Å². The third kappa shape index (κ3) is 3.28. The Morgan fingerprint density at radius 2 is 1.24 bits per heavy atom. The zero-order chi connectivity index (χ0) is 23.7. The summed E-state index contributed by atoms with van der Waals surface area (Å²) >= 11 is 7.87. The lowest BCUT2D eigenvalue weighted by molar-refractivity contribution is -0.393. The first-order chi connectivity index (χ1) is 16.3. The number of thioether (sulfide) groups is 4. The molecule has 9 nitrogen and oxygen atoms in total. The smallest absolute Gasteiger partial charge is 0.258 e. The zero-order valence-electron chi connectivity index (χ0n) is 16.4. The monoisotopic (exact) mass is 545 g/mol. The first-order valence-corrected chi connectivity index (χ1v) is 13.5. The number of nitro benzene ring substituents is 3. The number of thiophene rings is 1. The minimum absolute atomic E-state index is 0.154. The van der Waals surface area contributed by atoms with Gasteiger partial charge in [0.15, 0.2) is 0 Å². The molecule has 0 fully saturated rings. The molecule has 14 heteroatoms. The van der Waals surface area contributed by atoms with Gasteiger partial charge in [-0.2, -0.15) is 11.3 Å². The summed E-state index contributed by atoms with van der Waals surface area (Å²) in [5, 5.41) is 39.1. The summed E-state index contributed by atoms with van der Waals surface area (Å²) in [7, 11) is 0. The van der Waals surface area contributed by atoms with E-state index in [1.807, 2.05) is 0 Å². The molecule has 1 aromatic heterocycles. The van der Waals surface area contributed by atoms with Crippen molar-refractivity contribution in [2.24, 2.45) is 0 Å². The first-order valence-electron chi connectivity index (χ1n) is 9.34. The lowest BCUT2D eigenvalue weighted by atomic mass is 10.0. The van der Waals surface area contributed by atoms with Gasteiger partial charge >= 0.3 is 0 Å². The Balaban J connectivity index is 1.59. The Morgan fingerprint density at radius 1 is 0.618 bits per heavy atom. The molecule has 3 heterocycles. The van der Waals surface area contributed by atoms with Gasteiger partial charge in [0.1, 0.15) is 0 Å². The van der Waals surface area contributed by atoms with Gasteiger partial charge in [-0.3, -0.25) is 30.3 Å². The largest absolute Gasteiger partial charge is 0.284 e. The van der Waals surface area contributed by atoms with Gasteiger partial charge in [-0.05, 0) is 17.2 Å². The molecule has 2 aliphatic heterocycles. The summed E-state index contributed by atoms with van der Waals surface area (Å²) in [5.41, 5.74) is 1.10. The van der Waals surface area contributed by atoms with Crippen molar-refractivity contribution in [1.29, 1.82) is 0 Å². The number of hydrogen-bond donors (Lipinski definition) is 0. The van der Waals surface area contributed by atoms with Gasteiger partial charge in [-0.1, -0.05) is 47.0 Å². The average Bonchev–Trinajstić information content (AvgIpc) is 3.50. The van der Waals surface area contributed by atoms with Crippen molar-refractivity contribution in [3.63, 3.8) is 0 Å². The molecule has 2 aromatic carbocycles. The van der Waals surface area contributed by atoms with Crippen LogP contribution in [-0.4, -0.2) is 14.8 Å². The molecule has 0 saturated carbocycles. The van der Waals surface area contributed by atoms with E-state index < -0.39 is 26.1 Å². The second kappa shape index (κ2) is 7.88. The standard InChI is InChI=1S/C20H7N3O6S5/c24-21(25)8-1-2-10-11(3-8)17(12-4-9(22(26)27)5-13(16(10)12)23(28)29)18-33-19-20(34-18)32-15-7-30-6-14(15)31-19/h1-7H. The topological polar surface area (TPSA) is 129 Å². The Kier molecular flexibility index (Phi) is 5.04. The third-order valence-electron chi connectivity index (χ3n) is 5.27. The SMILES string of the molecule is O=[N+]([O-])c1ccc2c(c1)C(=C1SC3=C(S1)Sc1cscc1S3)c1cc([N+](=O)[O-])cc([N+](=O)[O-])c1-2. The molecule has 1 aliphatic carbocycles. The van der Waals surface area contributed by atoms with E-state index in [9.17, 15) is 30.3 Å². The fourth-order valence-corrected chi connectivity index (χ4v) is 11.0. The zero-order valence-corrected chi connectivity index (χ0v) is 20.5. The highest BCUT2D eigenvalue weighted by Gasteiger charge is 2.39. The molecule has 34 heavy (non-hydrogen) atoms. The minimum atomic E-state index is -0.664. The number of benzene rings is 2. The van der Waals surface area contributed by atoms with E-state index in [2.05, 4.69) is 10.8 Å². The van der Waals surface area contributed by atoms with Crippen molar-refractivity contribution >= 4 is 81.0 Å². The maximum atomic E-state index is 11.9. The number of hydrogen-bond acceptors (Lipinski definition) is 11. The number of nitro groups is 3. The van der Waals surface area contributed by atoms with E-state index in [0.29, 0.717) is 22.3 Å². The highest BCUT2D eigenvalue weighted by atomic mass is 32.3. The lowest BCUT2D eigenvalue weighted by Gasteiger charge is -2.10. The molecule has 0 bridgehead atoms. The summed E-state index contributed by atoms with van der Waals surface area (Å²) in [6, 6.07) is 6.44. The minimum Gasteiger partial charge on any atom is -0.258 e. The highest BCUT2D eigenvalue weighted by molar-refractivity contribution is 8.41. The summed E-state index contributed by atoms with van der Waals surface area (Å²) in [6.45, 7) is 0. The van der Waals surface area contributed by atoms with Gasteiger partial charge in [-0.25, -0.2) is 0 Å². The molecule has 168 valence electrons. The normalized spacial score (nSPS) is 15.6. The molecule has 3 aromatic rings. The van der Waals surface area contributed by atoms with Crippen molar-refractivity contribution in [3.05, 3.63) is 95.3 Å². The Morgan fingerprint density at radius 3 is 1.82 bits per heavy atom. The quantitative estimate of drug-likeness (QED) is 0.187. The lowest BCUT2D eigenvalue weighted by Crippen LogP contribution is -1.96. The number of rotatable bonds is 3. The summed E-state index contributed by atoms with van der Waals surface area (Å²) in [5.74, 6) is 0. The maximum Gasteiger partial charge on any atom is 0.284 e. The molecule has 0 saturated heterocycles. The van der Waals surface area contributed by atoms with Crippen LogP contribution in [0.5, 0.6) is 0 Å². The van der Waals surface area contributed by atoms with Gasteiger partial charge in [-0.15, -0.1) is 0 Å². The fourth-order valence-electron chi connectivity index (χ4n) is 3.90. The van der Waals surface area contributed by atoms with Gasteiger partial charge in [0.05, 0.1) is 39.1 Å². The predicted octanol–water partition coefficient (Wildman–Crippen LogP) is 7.67. The highest BCUT2D eigenvalue weighted by Crippen LogP contribution is 2.67. The van der Waals surface area contributed by atoms with Crippen LogP contribution in [0.25, 0.3) is 16.7 Å². The summed E-state index contributed by atoms with van der Waals surface area (Å²) in [4.78, 5) is 35.4. The predicted molar refractivity (Wildman–Crippen MR) is 136 cm³/mol. The number of nitrogens with zero attached hydrogens (tertiary/aromatic N) is 3. The van der Waals surface area contributed by atoms with Crippen molar-refractivity contribution in [3.8, 4) is 11.1 Å². The maximum absolute atomic E-state index is 11.9. The van der Waals surface area contributed by atoms with E-state index >= 15 is 0 Å². The van der Waals surface area contributed by atoms with Gasteiger partial charge in [0, 0.05) is 49.9 Å². The summed E-state index contributed by atoms with van der Waals surface area (Å²) < 4.78 is 2.90. The Bertz CT molecular complexity index is 1530. The molecule has 0 radical (unpaired) electrons. The van der Waals surface area contributed by atoms with E-state index in [0.717, 1.165) is 28.6 Å². The van der Waals surface area contributed by atoms with Crippen LogP contribution >= 0.6 is 58.4 Å². The first kappa shape index (κ1) is 21.7. The molecule has 0 amide bonds. The number of non-ortho nitro benzene ring substituents is 2. The third-order valence-corrected chi connectivity index (χ3v) is 11.9. The van der Waals surface area contributed by atoms with Crippen LogP contribution in [0.15, 0.2) is 63.6 Å². The molecule has 6 rings (SSSR count). The van der Waals surface area contributed by atoms with Gasteiger partial charge in [0.25, 0.3) is 17.1 Å². The number of fused-ring (bicyclic) bond motifs is 4. The van der Waals surface area contributed by atoms with Crippen molar-refractivity contribution in [2.45, 2.75) is 9.79 Å². The fraction of sp³-hybridized carbons (Fsp3) is 0. The van der Waals surface area contributed by atoms with Crippen LogP contribution in [0.2, 0.25) is 0 Å². The Labute approximate surface area is 211 Å². The van der Waals surface area contributed by atoms with E-state index in [4.69, 9.17) is 0 Å². The van der Waals surface area contributed by atoms with E-state index in [1.54, 1.807) is 34.9 Å². The van der Waals surface area contributed by atoms with Crippen LogP contribution in [0.4, 0.5) is 17.1 Å².